The van der Waals surface area contributed by atoms with Crippen molar-refractivity contribution in [2.75, 3.05) is 0 Å². The molecule has 0 bridgehead atoms. The molecule has 2 amide bonds. The minimum Gasteiger partial charge on any atom is -0.416 e. The molecule has 2 N–H and O–H groups in total. The van der Waals surface area contributed by atoms with Crippen LogP contribution in [-0.2, 0) is 29.2 Å². The van der Waals surface area contributed by atoms with Gasteiger partial charge in [0.05, 0.1) is 0 Å². The van der Waals surface area contributed by atoms with Crippen LogP contribution in [0.15, 0.2) is 12.2 Å². The molecule has 0 radical (unpaired) electrons. The minimum absolute atomic E-state index is 0.219. The zero-order valence-corrected chi connectivity index (χ0v) is 11.5. The van der Waals surface area contributed by atoms with Crippen LogP contribution in [0.1, 0.15) is 6.92 Å². The number of esters is 1. The van der Waals surface area contributed by atoms with Gasteiger partial charge in [-0.2, -0.15) is 0 Å². The van der Waals surface area contributed by atoms with Crippen LogP contribution in [0.3, 0.4) is 0 Å². The highest BCUT2D eigenvalue weighted by Gasteiger charge is 2.75. The molecule has 2 saturated heterocycles. The molecule has 0 spiro atoms. The van der Waals surface area contributed by atoms with E-state index in [4.69, 9.17) is 0 Å². The number of rotatable bonds is 3. The van der Waals surface area contributed by atoms with Crippen molar-refractivity contribution in [1.82, 2.24) is 10.6 Å². The number of ether oxygens (including phenoxy) is 1. The predicted octanol–water partition coefficient (Wildman–Crippen LogP) is -1.64. The molecule has 2 heterocycles. The number of carbonyl (C=O) groups is 3. The lowest BCUT2D eigenvalue weighted by molar-refractivity contribution is -0.149. The number of hydrogen-bond acceptors (Lipinski definition) is 8. The third-order valence-corrected chi connectivity index (χ3v) is 6.34. The molecular weight excluding hydrogens is 316 g/mol. The van der Waals surface area contributed by atoms with Gasteiger partial charge in [-0.05, 0) is 6.92 Å². The van der Waals surface area contributed by atoms with E-state index >= 15 is 0 Å². The molecule has 2 atom stereocenters. The molecule has 0 aromatic rings. The number of carbonyl (C=O) groups excluding carboxylic acids is 3. The van der Waals surface area contributed by atoms with Gasteiger partial charge >= 0.3 is 21.5 Å². The standard InChI is InChI=1S/C8H8N2O8S2/c1-3(2)4(11)18-8(10-7(13)20(8,16)17)5-9-6(12)19(5,14)15/h5H,1H2,2H3,(H,9,12)(H,10,13). The van der Waals surface area contributed by atoms with Gasteiger partial charge in [0, 0.05) is 5.57 Å². The molecule has 0 aliphatic carbocycles. The summed E-state index contributed by atoms with van der Waals surface area (Å²) < 4.78 is 51.0. The SMILES string of the molecule is C=C(C)C(=O)OC1(C2NC(=O)S2(=O)=O)NC(=O)S1(=O)=O. The fourth-order valence-electron chi connectivity index (χ4n) is 1.55. The number of nitrogens with one attached hydrogen (secondary N) is 2. The summed E-state index contributed by atoms with van der Waals surface area (Å²) in [6.07, 6.45) is 0. The Hall–Kier alpha value is -1.95. The summed E-state index contributed by atoms with van der Waals surface area (Å²) in [6, 6.07) is 0. The summed E-state index contributed by atoms with van der Waals surface area (Å²) in [7, 11) is -9.31. The molecule has 2 aliphatic heterocycles. The van der Waals surface area contributed by atoms with Gasteiger partial charge in [-0.1, -0.05) is 6.58 Å². The largest absolute Gasteiger partial charge is 0.416 e. The molecule has 10 nitrogen and oxygen atoms in total. The van der Waals surface area contributed by atoms with E-state index in [1.807, 2.05) is 0 Å². The maximum atomic E-state index is 11.7. The molecular formula is C8H8N2O8S2. The quantitative estimate of drug-likeness (QED) is 0.463. The maximum Gasteiger partial charge on any atom is 0.346 e. The lowest BCUT2D eigenvalue weighted by Crippen LogP contribution is -2.84. The van der Waals surface area contributed by atoms with Gasteiger partial charge in [-0.15, -0.1) is 0 Å². The average molecular weight is 324 g/mol. The van der Waals surface area contributed by atoms with Crippen LogP contribution in [-0.4, -0.2) is 43.7 Å². The van der Waals surface area contributed by atoms with Crippen LogP contribution in [0.5, 0.6) is 0 Å². The molecule has 0 aromatic carbocycles. The zero-order chi connectivity index (χ0) is 15.5. The van der Waals surface area contributed by atoms with Crippen LogP contribution in [0.4, 0.5) is 9.59 Å². The van der Waals surface area contributed by atoms with Crippen molar-refractivity contribution in [2.24, 2.45) is 0 Å². The summed E-state index contributed by atoms with van der Waals surface area (Å²) in [5, 5.41) is -4.41. The second-order valence-electron chi connectivity index (χ2n) is 4.11. The highest BCUT2D eigenvalue weighted by atomic mass is 32.2. The first kappa shape index (κ1) is 14.5. The van der Waals surface area contributed by atoms with E-state index in [1.54, 1.807) is 10.6 Å². The molecule has 0 saturated carbocycles. The third-order valence-electron chi connectivity index (χ3n) is 2.68. The van der Waals surface area contributed by atoms with Crippen molar-refractivity contribution < 1.29 is 36.0 Å². The second-order valence-corrected chi connectivity index (χ2v) is 8.03. The van der Waals surface area contributed by atoms with Crippen molar-refractivity contribution in [3.63, 3.8) is 0 Å². The van der Waals surface area contributed by atoms with Crippen LogP contribution < -0.4 is 10.6 Å². The molecule has 2 unspecified atom stereocenters. The number of amides is 2. The Morgan fingerprint density at radius 3 is 2.10 bits per heavy atom. The van der Waals surface area contributed by atoms with Crippen LogP contribution in [0, 0.1) is 0 Å². The lowest BCUT2D eigenvalue weighted by atomic mass is 10.3. The summed E-state index contributed by atoms with van der Waals surface area (Å²) in [5.41, 5.74) is -0.219. The van der Waals surface area contributed by atoms with Gasteiger partial charge in [0.25, 0.3) is 19.7 Å². The highest BCUT2D eigenvalue weighted by Crippen LogP contribution is 2.37. The van der Waals surface area contributed by atoms with Crippen molar-refractivity contribution in [3.05, 3.63) is 12.2 Å². The Morgan fingerprint density at radius 1 is 1.25 bits per heavy atom. The van der Waals surface area contributed by atoms with Crippen LogP contribution >= 0.6 is 0 Å². The molecule has 12 heteroatoms. The summed E-state index contributed by atoms with van der Waals surface area (Å²) >= 11 is 0. The van der Waals surface area contributed by atoms with Gasteiger partial charge in [-0.3, -0.25) is 14.9 Å². The molecule has 2 aliphatic rings. The van der Waals surface area contributed by atoms with Crippen molar-refractivity contribution >= 4 is 36.1 Å². The molecule has 0 aromatic heterocycles. The van der Waals surface area contributed by atoms with Crippen LogP contribution in [0.2, 0.25) is 0 Å². The molecule has 2 fully saturated rings. The highest BCUT2D eigenvalue weighted by molar-refractivity contribution is 8.12. The van der Waals surface area contributed by atoms with E-state index in [2.05, 4.69) is 11.3 Å². The van der Waals surface area contributed by atoms with Crippen molar-refractivity contribution in [1.29, 1.82) is 0 Å². The Bertz CT molecular complexity index is 764. The summed E-state index contributed by atoms with van der Waals surface area (Å²) in [4.78, 5) is 33.4. The fraction of sp³-hybridized carbons (Fsp3) is 0.375. The molecule has 2 rings (SSSR count). The van der Waals surface area contributed by atoms with E-state index in [9.17, 15) is 31.2 Å². The number of hydrogen-bond donors (Lipinski definition) is 2. The first-order valence-electron chi connectivity index (χ1n) is 4.97. The third kappa shape index (κ3) is 1.51. The second kappa shape index (κ2) is 3.79. The van der Waals surface area contributed by atoms with Gasteiger partial charge < -0.3 is 10.1 Å². The van der Waals surface area contributed by atoms with E-state index < -0.39 is 46.6 Å². The Kier molecular flexibility index (Phi) is 2.74. The van der Waals surface area contributed by atoms with Gasteiger partial charge in [0.2, 0.25) is 5.37 Å². The fourth-order valence-corrected chi connectivity index (χ4v) is 4.56. The zero-order valence-electron chi connectivity index (χ0n) is 9.87. The maximum absolute atomic E-state index is 11.7. The van der Waals surface area contributed by atoms with Gasteiger partial charge in [-0.25, -0.2) is 21.6 Å². The Morgan fingerprint density at radius 2 is 1.80 bits per heavy atom. The first-order chi connectivity index (χ1) is 8.96. The monoisotopic (exact) mass is 324 g/mol. The van der Waals surface area contributed by atoms with E-state index in [0.29, 0.717) is 0 Å². The van der Waals surface area contributed by atoms with Crippen LogP contribution in [0.25, 0.3) is 0 Å². The topological polar surface area (TPSA) is 153 Å². The Labute approximate surface area is 113 Å². The average Bonchev–Trinajstić information content (AvgIpc) is 2.34. The minimum atomic E-state index is -4.77. The van der Waals surface area contributed by atoms with E-state index in [-0.39, 0.29) is 5.57 Å². The van der Waals surface area contributed by atoms with Crippen molar-refractivity contribution in [3.8, 4) is 0 Å². The summed E-state index contributed by atoms with van der Waals surface area (Å²) in [5.74, 6) is -1.23. The van der Waals surface area contributed by atoms with E-state index in [1.165, 1.54) is 6.92 Å². The van der Waals surface area contributed by atoms with Gasteiger partial charge in [0.1, 0.15) is 0 Å². The predicted molar refractivity (Wildman–Crippen MR) is 62.3 cm³/mol. The molecule has 110 valence electrons. The normalized spacial score (nSPS) is 33.0. The summed E-state index contributed by atoms with van der Waals surface area (Å²) in [6.45, 7) is 4.39. The smallest absolute Gasteiger partial charge is 0.346 e. The van der Waals surface area contributed by atoms with Gasteiger partial charge in [0.15, 0.2) is 0 Å². The lowest BCUT2D eigenvalue weighted by Gasteiger charge is -2.46. The Balaban J connectivity index is 2.49. The van der Waals surface area contributed by atoms with Crippen molar-refractivity contribution in [2.45, 2.75) is 17.4 Å². The molecule has 20 heavy (non-hydrogen) atoms. The van der Waals surface area contributed by atoms with E-state index in [0.717, 1.165) is 0 Å². The number of sulfone groups is 2. The first-order valence-corrected chi connectivity index (χ1v) is 8.00.